The molecule has 270 valence electrons. The van der Waals surface area contributed by atoms with E-state index in [9.17, 15) is 19.2 Å². The van der Waals surface area contributed by atoms with Gasteiger partial charge in [0.15, 0.2) is 11.5 Å². The molecule has 0 saturated heterocycles. The van der Waals surface area contributed by atoms with E-state index in [1.165, 1.54) is 46.1 Å². The van der Waals surface area contributed by atoms with Crippen molar-refractivity contribution in [2.45, 2.75) is 17.1 Å². The third-order valence-corrected chi connectivity index (χ3v) is 9.01. The van der Waals surface area contributed by atoms with E-state index in [4.69, 9.17) is 14.2 Å². The third kappa shape index (κ3) is 10.3. The first-order chi connectivity index (χ1) is 25.7. The largest absolute Gasteiger partial charge is 0.496 e. The Morgan fingerprint density at radius 3 is 1.74 bits per heavy atom. The summed E-state index contributed by atoms with van der Waals surface area (Å²) in [6.45, 7) is 1.43. The Morgan fingerprint density at radius 2 is 1.15 bits per heavy atom. The molecule has 12 heteroatoms. The Kier molecular flexibility index (Phi) is 12.9. The van der Waals surface area contributed by atoms with Crippen molar-refractivity contribution >= 4 is 58.5 Å². The van der Waals surface area contributed by atoms with Gasteiger partial charge in [0.05, 0.1) is 21.3 Å². The topological polar surface area (TPSA) is 144 Å². The maximum atomic E-state index is 13.8. The molecule has 0 spiro atoms. The van der Waals surface area contributed by atoms with Crippen molar-refractivity contribution in [1.82, 2.24) is 5.32 Å². The molecule has 11 nitrogen and oxygen atoms in total. The number of methoxy groups -OCH3 is 3. The zero-order chi connectivity index (χ0) is 37.7. The van der Waals surface area contributed by atoms with Gasteiger partial charge in [-0.05, 0) is 78.4 Å². The molecule has 0 saturated carbocycles. The standard InChI is InChI=1S/C41H38N4O7S/c1-26(46)42-30-15-17-31(18-16-30)44-41(49)38(27-11-7-5-8-12-27)53-33-21-19-32(20-22-33)43-40(48)34(45-39(47)28-13-9-6-10-14-28)23-29-24-36(51-3)37(52-4)25-35(29)50-2/h5-25,38H,1-4H3,(H,42,46)(H,43,48)(H,44,49)(H,45,47)/b34-23-. The Hall–Kier alpha value is -6.53. The number of rotatable bonds is 14. The maximum Gasteiger partial charge on any atom is 0.272 e. The highest BCUT2D eigenvalue weighted by atomic mass is 32.2. The highest BCUT2D eigenvalue weighted by molar-refractivity contribution is 8.00. The first kappa shape index (κ1) is 37.7. The first-order valence-electron chi connectivity index (χ1n) is 16.4. The predicted octanol–water partition coefficient (Wildman–Crippen LogP) is 7.55. The van der Waals surface area contributed by atoms with Crippen molar-refractivity contribution in [3.8, 4) is 17.2 Å². The average Bonchev–Trinajstić information content (AvgIpc) is 3.18. The molecule has 5 aromatic carbocycles. The fourth-order valence-corrected chi connectivity index (χ4v) is 6.19. The van der Waals surface area contributed by atoms with Crippen LogP contribution in [0.3, 0.4) is 0 Å². The number of ether oxygens (including phenoxy) is 3. The highest BCUT2D eigenvalue weighted by Gasteiger charge is 2.23. The van der Waals surface area contributed by atoms with Gasteiger partial charge in [0.25, 0.3) is 11.8 Å². The van der Waals surface area contributed by atoms with Crippen molar-refractivity contribution in [1.29, 1.82) is 0 Å². The second-order valence-electron chi connectivity index (χ2n) is 11.5. The van der Waals surface area contributed by atoms with Crippen LogP contribution < -0.4 is 35.5 Å². The van der Waals surface area contributed by atoms with Crippen LogP contribution >= 0.6 is 11.8 Å². The summed E-state index contributed by atoms with van der Waals surface area (Å²) in [5.74, 6) is -0.255. The minimum absolute atomic E-state index is 0.0475. The van der Waals surface area contributed by atoms with E-state index in [1.807, 2.05) is 30.3 Å². The minimum Gasteiger partial charge on any atom is -0.496 e. The van der Waals surface area contributed by atoms with Crippen molar-refractivity contribution in [3.63, 3.8) is 0 Å². The quantitative estimate of drug-likeness (QED) is 0.0678. The number of amides is 4. The number of nitrogens with one attached hydrogen (secondary N) is 4. The lowest BCUT2D eigenvalue weighted by molar-refractivity contribution is -0.116. The smallest absolute Gasteiger partial charge is 0.272 e. The molecule has 0 heterocycles. The van der Waals surface area contributed by atoms with E-state index in [1.54, 1.807) is 91.0 Å². The second kappa shape index (κ2) is 18.1. The lowest BCUT2D eigenvalue weighted by atomic mass is 10.1. The number of hydrogen-bond donors (Lipinski definition) is 4. The van der Waals surface area contributed by atoms with E-state index in [-0.39, 0.29) is 17.5 Å². The molecular formula is C41H38N4O7S. The van der Waals surface area contributed by atoms with E-state index in [0.717, 1.165) is 10.5 Å². The molecule has 5 aromatic rings. The van der Waals surface area contributed by atoms with Gasteiger partial charge in [-0.3, -0.25) is 19.2 Å². The summed E-state index contributed by atoms with van der Waals surface area (Å²) < 4.78 is 16.4. The molecule has 0 aliphatic rings. The Bertz CT molecular complexity index is 2090. The fourth-order valence-electron chi connectivity index (χ4n) is 5.16. The van der Waals surface area contributed by atoms with Gasteiger partial charge in [-0.2, -0.15) is 0 Å². The zero-order valence-electron chi connectivity index (χ0n) is 29.5. The van der Waals surface area contributed by atoms with Crippen LogP contribution in [0.4, 0.5) is 17.1 Å². The van der Waals surface area contributed by atoms with Gasteiger partial charge >= 0.3 is 0 Å². The van der Waals surface area contributed by atoms with Crippen molar-refractivity contribution in [2.75, 3.05) is 37.3 Å². The molecule has 0 aliphatic carbocycles. The normalized spacial score (nSPS) is 11.4. The molecule has 0 aromatic heterocycles. The zero-order valence-corrected chi connectivity index (χ0v) is 30.3. The van der Waals surface area contributed by atoms with Gasteiger partial charge < -0.3 is 35.5 Å². The predicted molar refractivity (Wildman–Crippen MR) is 207 cm³/mol. The van der Waals surface area contributed by atoms with Crippen molar-refractivity contribution < 1.29 is 33.4 Å². The Labute approximate surface area is 311 Å². The molecule has 5 rings (SSSR count). The van der Waals surface area contributed by atoms with Crippen LogP contribution in [-0.2, 0) is 14.4 Å². The maximum absolute atomic E-state index is 13.8. The van der Waals surface area contributed by atoms with Gasteiger partial charge in [-0.25, -0.2) is 0 Å². The molecule has 0 radical (unpaired) electrons. The summed E-state index contributed by atoms with van der Waals surface area (Å²) in [5.41, 5.74) is 3.25. The molecule has 1 atom stereocenters. The molecule has 53 heavy (non-hydrogen) atoms. The van der Waals surface area contributed by atoms with Gasteiger partial charge in [0.2, 0.25) is 11.8 Å². The lowest BCUT2D eigenvalue weighted by Gasteiger charge is -2.18. The number of thioether (sulfide) groups is 1. The minimum atomic E-state index is -0.606. The van der Waals surface area contributed by atoms with Crippen molar-refractivity contribution in [2.24, 2.45) is 0 Å². The molecule has 4 N–H and O–H groups in total. The monoisotopic (exact) mass is 730 g/mol. The second-order valence-corrected chi connectivity index (χ2v) is 12.6. The van der Waals surface area contributed by atoms with Crippen LogP contribution in [-0.4, -0.2) is 45.0 Å². The summed E-state index contributed by atoms with van der Waals surface area (Å²) >= 11 is 1.35. The molecule has 0 bridgehead atoms. The van der Waals surface area contributed by atoms with Crippen LogP contribution in [0.5, 0.6) is 17.2 Å². The third-order valence-electron chi connectivity index (χ3n) is 7.74. The molecule has 4 amide bonds. The van der Waals surface area contributed by atoms with E-state index in [0.29, 0.717) is 45.4 Å². The van der Waals surface area contributed by atoms with Crippen LogP contribution in [0, 0.1) is 0 Å². The molecule has 1 unspecified atom stereocenters. The summed E-state index contributed by atoms with van der Waals surface area (Å²) in [5, 5.41) is 10.7. The lowest BCUT2D eigenvalue weighted by Crippen LogP contribution is -2.30. The fraction of sp³-hybridized carbons (Fsp3) is 0.122. The number of carbonyl (C=O) groups is 4. The van der Waals surface area contributed by atoms with Crippen LogP contribution in [0.25, 0.3) is 6.08 Å². The van der Waals surface area contributed by atoms with Crippen molar-refractivity contribution in [3.05, 3.63) is 144 Å². The van der Waals surface area contributed by atoms with Crippen LogP contribution in [0.15, 0.2) is 132 Å². The van der Waals surface area contributed by atoms with Crippen LogP contribution in [0.1, 0.15) is 33.7 Å². The van der Waals surface area contributed by atoms with Gasteiger partial charge in [-0.1, -0.05) is 48.5 Å². The van der Waals surface area contributed by atoms with E-state index >= 15 is 0 Å². The summed E-state index contributed by atoms with van der Waals surface area (Å²) in [6.07, 6.45) is 1.50. The number of hydrogen-bond acceptors (Lipinski definition) is 8. The number of anilines is 3. The summed E-state index contributed by atoms with van der Waals surface area (Å²) in [6, 6.07) is 35.1. The molecule has 0 fully saturated rings. The van der Waals surface area contributed by atoms with Gasteiger partial charge in [0.1, 0.15) is 16.7 Å². The average molecular weight is 731 g/mol. The first-order valence-corrected chi connectivity index (χ1v) is 17.2. The molecular weight excluding hydrogens is 693 g/mol. The Balaban J connectivity index is 1.36. The Morgan fingerprint density at radius 1 is 0.623 bits per heavy atom. The van der Waals surface area contributed by atoms with E-state index < -0.39 is 17.1 Å². The number of benzene rings is 5. The molecule has 0 aliphatic heterocycles. The summed E-state index contributed by atoms with van der Waals surface area (Å²) in [7, 11) is 4.48. The van der Waals surface area contributed by atoms with E-state index in [2.05, 4.69) is 21.3 Å². The van der Waals surface area contributed by atoms with Crippen LogP contribution in [0.2, 0.25) is 0 Å². The van der Waals surface area contributed by atoms with Gasteiger partial charge in [-0.15, -0.1) is 11.8 Å². The highest BCUT2D eigenvalue weighted by Crippen LogP contribution is 2.38. The SMILES string of the molecule is COc1cc(OC)c(OC)cc1/C=C(\NC(=O)c1ccccc1)C(=O)Nc1ccc(SC(C(=O)Nc2ccc(NC(C)=O)cc2)c2ccccc2)cc1. The van der Waals surface area contributed by atoms with Gasteiger partial charge in [0, 0.05) is 46.1 Å². The number of carbonyl (C=O) groups excluding carboxylic acids is 4. The summed E-state index contributed by atoms with van der Waals surface area (Å²) in [4.78, 5) is 52.7.